The predicted molar refractivity (Wildman–Crippen MR) is 93.9 cm³/mol. The number of nitrogens with one attached hydrogen (secondary N) is 1. The summed E-state index contributed by atoms with van der Waals surface area (Å²) in [6.07, 6.45) is 2.40. The van der Waals surface area contributed by atoms with Gasteiger partial charge in [-0.05, 0) is 31.9 Å². The molecule has 0 unspecified atom stereocenters. The molecule has 1 saturated heterocycles. The number of thiazole rings is 1. The molecule has 0 spiro atoms. The Balaban J connectivity index is 1.58. The Morgan fingerprint density at radius 1 is 1.28 bits per heavy atom. The quantitative estimate of drug-likeness (QED) is 0.785. The van der Waals surface area contributed by atoms with Crippen LogP contribution in [-0.4, -0.2) is 46.8 Å². The number of hydrogen-bond acceptors (Lipinski definition) is 8. The molecule has 3 heterocycles. The summed E-state index contributed by atoms with van der Waals surface area (Å²) in [7, 11) is 0. The van der Waals surface area contributed by atoms with Crippen molar-refractivity contribution in [3.05, 3.63) is 28.9 Å². The Bertz CT molecular complexity index is 740. The summed E-state index contributed by atoms with van der Waals surface area (Å²) in [5, 5.41) is 12.9. The number of nitrogens with zero attached hydrogens (tertiary/aromatic N) is 4. The number of carbonyl (C=O) groups excluding carboxylic acids is 2. The smallest absolute Gasteiger partial charge is 0.311 e. The minimum Gasteiger partial charge on any atom is -0.466 e. The molecular formula is C16H19N5O3S. The zero-order chi connectivity index (χ0) is 17.6. The van der Waals surface area contributed by atoms with Gasteiger partial charge in [-0.3, -0.25) is 14.9 Å². The van der Waals surface area contributed by atoms with Crippen LogP contribution < -0.4 is 10.2 Å². The van der Waals surface area contributed by atoms with E-state index < -0.39 is 0 Å². The lowest BCUT2D eigenvalue weighted by Crippen LogP contribution is -2.21. The van der Waals surface area contributed by atoms with Crippen molar-refractivity contribution >= 4 is 34.2 Å². The van der Waals surface area contributed by atoms with Crippen LogP contribution in [0, 0.1) is 0 Å². The van der Waals surface area contributed by atoms with Crippen LogP contribution in [0.3, 0.4) is 0 Å². The number of carbonyl (C=O) groups is 2. The molecule has 25 heavy (non-hydrogen) atoms. The lowest BCUT2D eigenvalue weighted by atomic mass is 10.3. The maximum Gasteiger partial charge on any atom is 0.311 e. The van der Waals surface area contributed by atoms with Crippen molar-refractivity contribution in [2.24, 2.45) is 0 Å². The van der Waals surface area contributed by atoms with Crippen LogP contribution in [0.4, 0.5) is 10.9 Å². The van der Waals surface area contributed by atoms with E-state index in [1.165, 1.54) is 11.3 Å². The third kappa shape index (κ3) is 4.50. The van der Waals surface area contributed by atoms with Crippen molar-refractivity contribution in [2.75, 3.05) is 29.9 Å². The van der Waals surface area contributed by atoms with Crippen LogP contribution in [0.5, 0.6) is 0 Å². The fourth-order valence-electron chi connectivity index (χ4n) is 2.53. The van der Waals surface area contributed by atoms with Crippen molar-refractivity contribution < 1.29 is 14.3 Å². The van der Waals surface area contributed by atoms with Gasteiger partial charge < -0.3 is 9.64 Å². The average Bonchev–Trinajstić information content (AvgIpc) is 3.27. The molecule has 0 atom stereocenters. The predicted octanol–water partition coefficient (Wildman–Crippen LogP) is 1.89. The number of aromatic nitrogens is 3. The number of hydrogen-bond donors (Lipinski definition) is 1. The van der Waals surface area contributed by atoms with Crippen molar-refractivity contribution in [1.29, 1.82) is 0 Å². The Morgan fingerprint density at radius 2 is 2.08 bits per heavy atom. The molecule has 132 valence electrons. The van der Waals surface area contributed by atoms with Crippen LogP contribution >= 0.6 is 11.3 Å². The number of rotatable bonds is 6. The molecule has 1 fully saturated rings. The number of ether oxygens (including phenoxy) is 1. The Morgan fingerprint density at radius 3 is 2.76 bits per heavy atom. The first kappa shape index (κ1) is 17.3. The van der Waals surface area contributed by atoms with Crippen LogP contribution in [-0.2, 0) is 16.0 Å². The fraction of sp³-hybridized carbons (Fsp3) is 0.438. The lowest BCUT2D eigenvalue weighted by molar-refractivity contribution is -0.142. The van der Waals surface area contributed by atoms with Gasteiger partial charge >= 0.3 is 5.97 Å². The summed E-state index contributed by atoms with van der Waals surface area (Å²) in [6.45, 7) is 4.03. The lowest BCUT2D eigenvalue weighted by Gasteiger charge is -2.14. The highest BCUT2D eigenvalue weighted by Crippen LogP contribution is 2.19. The van der Waals surface area contributed by atoms with E-state index >= 15 is 0 Å². The maximum absolute atomic E-state index is 12.2. The molecule has 1 aliphatic heterocycles. The van der Waals surface area contributed by atoms with Gasteiger partial charge in [-0.15, -0.1) is 21.5 Å². The summed E-state index contributed by atoms with van der Waals surface area (Å²) in [5.74, 6) is 0.0755. The van der Waals surface area contributed by atoms with Crippen molar-refractivity contribution in [3.8, 4) is 0 Å². The van der Waals surface area contributed by atoms with E-state index in [2.05, 4.69) is 25.4 Å². The van der Waals surface area contributed by atoms with E-state index in [4.69, 9.17) is 4.74 Å². The topological polar surface area (TPSA) is 97.3 Å². The standard InChI is InChI=1S/C16H19N5O3S/c1-2-24-14(22)9-11-10-25-16(17-11)18-15(23)12-5-6-13(20-19-12)21-7-3-4-8-21/h5-6,10H,2-4,7-9H2,1H3,(H,17,18,23). The van der Waals surface area contributed by atoms with Gasteiger partial charge in [-0.1, -0.05) is 0 Å². The summed E-state index contributed by atoms with van der Waals surface area (Å²) >= 11 is 1.25. The van der Waals surface area contributed by atoms with Crippen LogP contribution in [0.1, 0.15) is 35.9 Å². The molecule has 8 nitrogen and oxygen atoms in total. The Labute approximate surface area is 149 Å². The van der Waals surface area contributed by atoms with Gasteiger partial charge in [0.1, 0.15) is 0 Å². The number of esters is 1. The molecule has 1 amide bonds. The third-order valence-electron chi connectivity index (χ3n) is 3.72. The zero-order valence-corrected chi connectivity index (χ0v) is 14.7. The normalized spacial score (nSPS) is 13.7. The van der Waals surface area contributed by atoms with Gasteiger partial charge in [-0.25, -0.2) is 4.98 Å². The molecule has 0 saturated carbocycles. The van der Waals surface area contributed by atoms with Crippen molar-refractivity contribution in [3.63, 3.8) is 0 Å². The highest BCUT2D eigenvalue weighted by atomic mass is 32.1. The molecule has 0 radical (unpaired) electrons. The van der Waals surface area contributed by atoms with E-state index in [0.29, 0.717) is 17.4 Å². The molecule has 0 aliphatic carbocycles. The SMILES string of the molecule is CCOC(=O)Cc1csc(NC(=O)c2ccc(N3CCCC3)nn2)n1. The summed E-state index contributed by atoms with van der Waals surface area (Å²) < 4.78 is 4.87. The second-order valence-corrected chi connectivity index (χ2v) is 6.41. The van der Waals surface area contributed by atoms with E-state index in [1.807, 2.05) is 0 Å². The van der Waals surface area contributed by atoms with E-state index in [9.17, 15) is 9.59 Å². The van der Waals surface area contributed by atoms with Crippen LogP contribution in [0.25, 0.3) is 0 Å². The first-order chi connectivity index (χ1) is 12.2. The molecule has 3 rings (SSSR count). The largest absolute Gasteiger partial charge is 0.466 e. The van der Waals surface area contributed by atoms with Gasteiger partial charge in [0.05, 0.1) is 18.7 Å². The second-order valence-electron chi connectivity index (χ2n) is 5.55. The molecule has 1 N–H and O–H groups in total. The van der Waals surface area contributed by atoms with Crippen LogP contribution in [0.15, 0.2) is 17.5 Å². The average molecular weight is 361 g/mol. The van der Waals surface area contributed by atoms with Gasteiger partial charge in [-0.2, -0.15) is 0 Å². The molecule has 1 aliphatic rings. The molecule has 0 aromatic carbocycles. The van der Waals surface area contributed by atoms with E-state index in [1.54, 1.807) is 24.4 Å². The van der Waals surface area contributed by atoms with Gasteiger partial charge in [0.15, 0.2) is 16.6 Å². The van der Waals surface area contributed by atoms with Gasteiger partial charge in [0.2, 0.25) is 0 Å². The Hall–Kier alpha value is -2.55. The fourth-order valence-corrected chi connectivity index (χ4v) is 3.23. The minimum absolute atomic E-state index is 0.0878. The maximum atomic E-state index is 12.2. The molecule has 2 aromatic rings. The van der Waals surface area contributed by atoms with Crippen molar-refractivity contribution in [1.82, 2.24) is 15.2 Å². The molecule has 2 aromatic heterocycles. The minimum atomic E-state index is -0.377. The second kappa shape index (κ2) is 8.02. The van der Waals surface area contributed by atoms with E-state index in [-0.39, 0.29) is 24.0 Å². The summed E-state index contributed by atoms with van der Waals surface area (Å²) in [6, 6.07) is 3.46. The highest BCUT2D eigenvalue weighted by molar-refractivity contribution is 7.14. The highest BCUT2D eigenvalue weighted by Gasteiger charge is 2.16. The number of anilines is 2. The van der Waals surface area contributed by atoms with Crippen molar-refractivity contribution in [2.45, 2.75) is 26.2 Å². The van der Waals surface area contributed by atoms with Gasteiger partial charge in [0, 0.05) is 18.5 Å². The first-order valence-electron chi connectivity index (χ1n) is 8.15. The van der Waals surface area contributed by atoms with E-state index in [0.717, 1.165) is 31.7 Å². The number of amides is 1. The Kier molecular flexibility index (Phi) is 5.54. The van der Waals surface area contributed by atoms with Gasteiger partial charge in [0.25, 0.3) is 5.91 Å². The first-order valence-corrected chi connectivity index (χ1v) is 9.03. The zero-order valence-electron chi connectivity index (χ0n) is 13.9. The summed E-state index contributed by atoms with van der Waals surface area (Å²) in [4.78, 5) is 30.0. The van der Waals surface area contributed by atoms with Crippen LogP contribution in [0.2, 0.25) is 0 Å². The molecule has 9 heteroatoms. The summed E-state index contributed by atoms with van der Waals surface area (Å²) in [5.41, 5.74) is 0.791. The molecular weight excluding hydrogens is 342 g/mol. The molecule has 0 bridgehead atoms. The monoisotopic (exact) mass is 361 g/mol. The third-order valence-corrected chi connectivity index (χ3v) is 4.52.